The second-order valence-corrected chi connectivity index (χ2v) is 4.51. The molecule has 2 N–H and O–H groups in total. The van der Waals surface area contributed by atoms with Gasteiger partial charge in [0, 0.05) is 11.1 Å². The number of hydrogen-bond acceptors (Lipinski definition) is 1. The van der Waals surface area contributed by atoms with Crippen molar-refractivity contribution in [1.82, 2.24) is 0 Å². The van der Waals surface area contributed by atoms with Gasteiger partial charge in [0.2, 0.25) is 0 Å². The zero-order valence-electron chi connectivity index (χ0n) is 9.27. The van der Waals surface area contributed by atoms with Gasteiger partial charge in [-0.25, -0.2) is 0 Å². The van der Waals surface area contributed by atoms with Crippen molar-refractivity contribution in [2.45, 2.75) is 0 Å². The minimum atomic E-state index is 0.866. The van der Waals surface area contributed by atoms with Crippen LogP contribution in [-0.2, 0) is 0 Å². The van der Waals surface area contributed by atoms with E-state index in [1.807, 2.05) is 6.07 Å². The van der Waals surface area contributed by atoms with Crippen LogP contribution in [0.25, 0.3) is 33.7 Å². The van der Waals surface area contributed by atoms with E-state index in [4.69, 9.17) is 5.73 Å². The Hall–Kier alpha value is -2.28. The highest BCUT2D eigenvalue weighted by molar-refractivity contribution is 6.20. The van der Waals surface area contributed by atoms with E-state index in [-0.39, 0.29) is 0 Å². The summed E-state index contributed by atoms with van der Waals surface area (Å²) in [6.07, 6.45) is 4.33. The lowest BCUT2D eigenvalue weighted by atomic mass is 9.96. The molecule has 0 spiro atoms. The molecule has 4 rings (SSSR count). The Balaban J connectivity index is 2.41. The van der Waals surface area contributed by atoms with Crippen LogP contribution in [0.15, 0.2) is 42.5 Å². The highest BCUT2D eigenvalue weighted by Gasteiger charge is 2.13. The molecule has 0 aliphatic heterocycles. The molecule has 0 heterocycles. The summed E-state index contributed by atoms with van der Waals surface area (Å²) in [6, 6.07) is 14.8. The van der Waals surface area contributed by atoms with Gasteiger partial charge < -0.3 is 5.73 Å². The van der Waals surface area contributed by atoms with E-state index in [1.54, 1.807) is 0 Å². The number of nitrogens with two attached hydrogens (primary N) is 1. The summed E-state index contributed by atoms with van der Waals surface area (Å²) >= 11 is 0. The molecule has 1 heteroatoms. The van der Waals surface area contributed by atoms with Gasteiger partial charge in [-0.3, -0.25) is 0 Å². The maximum atomic E-state index is 6.16. The summed E-state index contributed by atoms with van der Waals surface area (Å²) in [7, 11) is 0. The third-order valence-electron chi connectivity index (χ3n) is 3.54. The van der Waals surface area contributed by atoms with E-state index < -0.39 is 0 Å². The van der Waals surface area contributed by atoms with E-state index in [0.717, 1.165) is 5.69 Å². The number of nitrogen functional groups attached to an aromatic ring is 1. The summed E-state index contributed by atoms with van der Waals surface area (Å²) < 4.78 is 0. The van der Waals surface area contributed by atoms with Gasteiger partial charge in [-0.05, 0) is 39.4 Å². The summed E-state index contributed by atoms with van der Waals surface area (Å²) in [5, 5.41) is 4.99. The maximum absolute atomic E-state index is 6.16. The molecule has 80 valence electrons. The van der Waals surface area contributed by atoms with Crippen molar-refractivity contribution in [3.63, 3.8) is 0 Å². The van der Waals surface area contributed by atoms with E-state index in [1.165, 1.54) is 32.7 Å². The maximum Gasteiger partial charge on any atom is 0.0400 e. The molecule has 0 aromatic heterocycles. The Morgan fingerprint density at radius 3 is 2.53 bits per heavy atom. The Bertz CT molecular complexity index is 797. The van der Waals surface area contributed by atoms with Gasteiger partial charge in [0.1, 0.15) is 0 Å². The van der Waals surface area contributed by atoms with Crippen molar-refractivity contribution in [3.8, 4) is 0 Å². The fraction of sp³-hybridized carbons (Fsp3) is 0. The molecule has 0 atom stereocenters. The van der Waals surface area contributed by atoms with Crippen LogP contribution in [0.3, 0.4) is 0 Å². The number of hydrogen-bond donors (Lipinski definition) is 1. The summed E-state index contributed by atoms with van der Waals surface area (Å²) in [5.41, 5.74) is 9.58. The molecule has 3 aromatic carbocycles. The van der Waals surface area contributed by atoms with Crippen LogP contribution in [0.1, 0.15) is 11.1 Å². The first-order valence-electron chi connectivity index (χ1n) is 5.76. The topological polar surface area (TPSA) is 26.0 Å². The Morgan fingerprint density at radius 1 is 0.765 bits per heavy atom. The summed E-state index contributed by atoms with van der Waals surface area (Å²) in [6.45, 7) is 0. The fourth-order valence-electron chi connectivity index (χ4n) is 2.78. The van der Waals surface area contributed by atoms with Gasteiger partial charge in [-0.1, -0.05) is 42.5 Å². The van der Waals surface area contributed by atoms with E-state index in [0.29, 0.717) is 0 Å². The molecular weight excluding hydrogens is 206 g/mol. The number of rotatable bonds is 0. The minimum absolute atomic E-state index is 0.866. The van der Waals surface area contributed by atoms with Crippen LogP contribution in [0.5, 0.6) is 0 Å². The monoisotopic (exact) mass is 217 g/mol. The fourth-order valence-corrected chi connectivity index (χ4v) is 2.78. The van der Waals surface area contributed by atoms with Crippen molar-refractivity contribution in [2.24, 2.45) is 0 Å². The Morgan fingerprint density at radius 2 is 1.59 bits per heavy atom. The standard InChI is InChI=1S/C16H11N/c17-14-8-7-10-5-6-12-9-11-3-1-2-4-13(11)16(14)15(10)12/h1-9H,17H2. The molecular formula is C16H11N. The van der Waals surface area contributed by atoms with Gasteiger partial charge in [0.15, 0.2) is 0 Å². The summed E-state index contributed by atoms with van der Waals surface area (Å²) in [4.78, 5) is 0. The second-order valence-electron chi connectivity index (χ2n) is 4.51. The minimum Gasteiger partial charge on any atom is -0.398 e. The molecule has 0 amide bonds. The number of anilines is 1. The zero-order chi connectivity index (χ0) is 11.4. The molecule has 1 nitrogen and oxygen atoms in total. The van der Waals surface area contributed by atoms with Crippen molar-refractivity contribution >= 4 is 39.4 Å². The molecule has 0 saturated heterocycles. The first-order chi connectivity index (χ1) is 8.34. The van der Waals surface area contributed by atoms with Crippen LogP contribution >= 0.6 is 0 Å². The molecule has 3 aromatic rings. The van der Waals surface area contributed by atoms with Crippen LogP contribution in [-0.4, -0.2) is 0 Å². The molecule has 0 unspecified atom stereocenters. The second kappa shape index (κ2) is 2.89. The smallest absolute Gasteiger partial charge is 0.0400 e. The molecule has 0 radical (unpaired) electrons. The number of benzene rings is 3. The largest absolute Gasteiger partial charge is 0.398 e. The van der Waals surface area contributed by atoms with Gasteiger partial charge in [-0.2, -0.15) is 0 Å². The van der Waals surface area contributed by atoms with Crippen LogP contribution in [0.4, 0.5) is 5.69 Å². The lowest BCUT2D eigenvalue weighted by Gasteiger charge is -2.09. The molecule has 1 aliphatic rings. The normalized spacial score (nSPS) is 12.7. The van der Waals surface area contributed by atoms with Gasteiger partial charge in [-0.15, -0.1) is 0 Å². The average Bonchev–Trinajstić information content (AvgIpc) is 2.76. The Kier molecular flexibility index (Phi) is 1.50. The third kappa shape index (κ3) is 1.03. The first kappa shape index (κ1) is 8.82. The quantitative estimate of drug-likeness (QED) is 0.349. The lowest BCUT2D eigenvalue weighted by Crippen LogP contribution is -1.90. The Labute approximate surface area is 99.2 Å². The van der Waals surface area contributed by atoms with Crippen molar-refractivity contribution in [3.05, 3.63) is 53.6 Å². The van der Waals surface area contributed by atoms with Crippen molar-refractivity contribution < 1.29 is 0 Å². The summed E-state index contributed by atoms with van der Waals surface area (Å²) in [5.74, 6) is 0. The molecule has 1 aliphatic carbocycles. The van der Waals surface area contributed by atoms with Gasteiger partial charge >= 0.3 is 0 Å². The first-order valence-corrected chi connectivity index (χ1v) is 5.76. The van der Waals surface area contributed by atoms with Gasteiger partial charge in [0.25, 0.3) is 0 Å². The highest BCUT2D eigenvalue weighted by atomic mass is 14.6. The zero-order valence-corrected chi connectivity index (χ0v) is 9.27. The SMILES string of the molecule is Nc1ccc2c3c(cc4ccccc4c13)C=C2. The lowest BCUT2D eigenvalue weighted by molar-refractivity contribution is 1.72. The van der Waals surface area contributed by atoms with Crippen molar-refractivity contribution in [1.29, 1.82) is 0 Å². The predicted molar refractivity (Wildman–Crippen MR) is 74.8 cm³/mol. The third-order valence-corrected chi connectivity index (χ3v) is 3.54. The molecule has 0 bridgehead atoms. The van der Waals surface area contributed by atoms with E-state index in [9.17, 15) is 0 Å². The molecule has 0 fully saturated rings. The molecule has 17 heavy (non-hydrogen) atoms. The predicted octanol–water partition coefficient (Wildman–Crippen LogP) is 4.06. The van der Waals surface area contributed by atoms with Crippen LogP contribution in [0, 0.1) is 0 Å². The van der Waals surface area contributed by atoms with Crippen molar-refractivity contribution in [2.75, 3.05) is 5.73 Å². The highest BCUT2D eigenvalue weighted by Crippen LogP contribution is 2.39. The van der Waals surface area contributed by atoms with E-state index in [2.05, 4.69) is 48.6 Å². The van der Waals surface area contributed by atoms with Crippen LogP contribution in [0.2, 0.25) is 0 Å². The molecule has 0 saturated carbocycles. The van der Waals surface area contributed by atoms with Gasteiger partial charge in [0.05, 0.1) is 0 Å². The van der Waals surface area contributed by atoms with E-state index >= 15 is 0 Å². The average molecular weight is 217 g/mol. The van der Waals surface area contributed by atoms with Crippen LogP contribution < -0.4 is 5.73 Å². The number of fused-ring (bicyclic) bond motifs is 2.